The van der Waals surface area contributed by atoms with Crippen LogP contribution in [0.5, 0.6) is 11.5 Å². The lowest BCUT2D eigenvalue weighted by atomic mass is 10.2. The number of aromatic nitrogens is 3. The summed E-state index contributed by atoms with van der Waals surface area (Å²) in [4.78, 5) is 11.8. The maximum absolute atomic E-state index is 11.8. The molecule has 0 aliphatic rings. The van der Waals surface area contributed by atoms with Gasteiger partial charge in [0.05, 0.1) is 26.6 Å². The smallest absolute Gasteiger partial charge is 0.316 e. The molecule has 0 aliphatic carbocycles. The Labute approximate surface area is 167 Å². The third-order valence-corrected chi connectivity index (χ3v) is 4.82. The fraction of sp³-hybridized carbons (Fsp3) is 0.250. The molecular formula is C20H21N3O4S. The predicted octanol–water partition coefficient (Wildman–Crippen LogP) is 3.61. The molecule has 1 aromatic heterocycles. The quantitative estimate of drug-likeness (QED) is 0.423. The summed E-state index contributed by atoms with van der Waals surface area (Å²) in [6.45, 7) is 2.13. The van der Waals surface area contributed by atoms with Crippen molar-refractivity contribution >= 4 is 17.7 Å². The summed E-state index contributed by atoms with van der Waals surface area (Å²) in [6.07, 6.45) is 0. The third kappa shape index (κ3) is 4.28. The molecule has 3 rings (SSSR count). The Balaban J connectivity index is 2.03. The van der Waals surface area contributed by atoms with Crippen molar-refractivity contribution in [2.75, 3.05) is 26.6 Å². The van der Waals surface area contributed by atoms with E-state index in [4.69, 9.17) is 14.2 Å². The van der Waals surface area contributed by atoms with Crippen LogP contribution in [-0.2, 0) is 9.53 Å². The minimum absolute atomic E-state index is 0.157. The third-order valence-electron chi connectivity index (χ3n) is 3.91. The van der Waals surface area contributed by atoms with Crippen molar-refractivity contribution < 1.29 is 19.0 Å². The van der Waals surface area contributed by atoms with Gasteiger partial charge in [0.25, 0.3) is 0 Å². The lowest BCUT2D eigenvalue weighted by molar-refractivity contribution is -0.139. The van der Waals surface area contributed by atoms with Crippen LogP contribution in [0.2, 0.25) is 0 Å². The van der Waals surface area contributed by atoms with Gasteiger partial charge in [-0.25, -0.2) is 0 Å². The second kappa shape index (κ2) is 9.27. The topological polar surface area (TPSA) is 75.5 Å². The van der Waals surface area contributed by atoms with Gasteiger partial charge in [0, 0.05) is 11.3 Å². The molecular weight excluding hydrogens is 378 g/mol. The normalized spacial score (nSPS) is 10.5. The molecule has 7 nitrogen and oxygen atoms in total. The number of rotatable bonds is 8. The van der Waals surface area contributed by atoms with Crippen LogP contribution in [0.1, 0.15) is 6.92 Å². The number of nitrogens with zero attached hydrogens (tertiary/aromatic N) is 3. The van der Waals surface area contributed by atoms with Gasteiger partial charge < -0.3 is 14.2 Å². The largest absolute Gasteiger partial charge is 0.493 e. The number of carbonyl (C=O) groups excluding carboxylic acids is 1. The van der Waals surface area contributed by atoms with E-state index in [2.05, 4.69) is 10.2 Å². The molecule has 0 saturated carbocycles. The Morgan fingerprint density at radius 3 is 2.46 bits per heavy atom. The average molecular weight is 399 g/mol. The zero-order chi connectivity index (χ0) is 19.9. The van der Waals surface area contributed by atoms with E-state index in [-0.39, 0.29) is 11.7 Å². The Morgan fingerprint density at radius 2 is 1.79 bits per heavy atom. The summed E-state index contributed by atoms with van der Waals surface area (Å²) in [5.74, 6) is 1.74. The van der Waals surface area contributed by atoms with Crippen LogP contribution < -0.4 is 9.47 Å². The number of para-hydroxylation sites is 1. The molecule has 0 radical (unpaired) electrons. The van der Waals surface area contributed by atoms with Crippen LogP contribution in [0.25, 0.3) is 17.1 Å². The fourth-order valence-corrected chi connectivity index (χ4v) is 3.41. The van der Waals surface area contributed by atoms with E-state index < -0.39 is 0 Å². The zero-order valence-corrected chi connectivity index (χ0v) is 16.7. The molecule has 28 heavy (non-hydrogen) atoms. The second-order valence-electron chi connectivity index (χ2n) is 5.64. The molecule has 0 N–H and O–H groups in total. The maximum atomic E-state index is 11.8. The van der Waals surface area contributed by atoms with Crippen molar-refractivity contribution in [1.82, 2.24) is 14.8 Å². The van der Waals surface area contributed by atoms with E-state index in [1.165, 1.54) is 11.8 Å². The number of benzene rings is 2. The van der Waals surface area contributed by atoms with Crippen molar-refractivity contribution in [3.63, 3.8) is 0 Å². The highest BCUT2D eigenvalue weighted by atomic mass is 32.2. The number of methoxy groups -OCH3 is 2. The monoisotopic (exact) mass is 399 g/mol. The van der Waals surface area contributed by atoms with E-state index in [1.807, 2.05) is 53.1 Å². The number of esters is 1. The van der Waals surface area contributed by atoms with Crippen LogP contribution in [0.3, 0.4) is 0 Å². The molecule has 8 heteroatoms. The van der Waals surface area contributed by atoms with E-state index in [0.29, 0.717) is 29.1 Å². The van der Waals surface area contributed by atoms with Crippen molar-refractivity contribution in [2.24, 2.45) is 0 Å². The van der Waals surface area contributed by atoms with E-state index in [9.17, 15) is 4.79 Å². The molecule has 1 heterocycles. The van der Waals surface area contributed by atoms with Crippen LogP contribution in [0.15, 0.2) is 53.7 Å². The van der Waals surface area contributed by atoms with Crippen molar-refractivity contribution in [2.45, 2.75) is 12.1 Å². The first-order valence-electron chi connectivity index (χ1n) is 8.69. The Kier molecular flexibility index (Phi) is 6.54. The van der Waals surface area contributed by atoms with Gasteiger partial charge in [0.1, 0.15) is 0 Å². The van der Waals surface area contributed by atoms with Crippen molar-refractivity contribution in [3.8, 4) is 28.6 Å². The molecule has 146 valence electrons. The van der Waals surface area contributed by atoms with Gasteiger partial charge in [-0.1, -0.05) is 30.0 Å². The van der Waals surface area contributed by atoms with Crippen molar-refractivity contribution in [1.29, 1.82) is 0 Å². The van der Waals surface area contributed by atoms with Gasteiger partial charge in [-0.05, 0) is 37.3 Å². The number of hydrogen-bond acceptors (Lipinski definition) is 7. The lowest BCUT2D eigenvalue weighted by Gasteiger charge is -2.12. The SMILES string of the molecule is CCOC(=O)CSc1nnc(-c2ccc(OC)c(OC)c2)n1-c1ccccc1. The molecule has 0 unspecified atom stereocenters. The summed E-state index contributed by atoms with van der Waals surface area (Å²) >= 11 is 1.28. The molecule has 0 aliphatic heterocycles. The number of thioether (sulfide) groups is 1. The van der Waals surface area contributed by atoms with Crippen LogP contribution >= 0.6 is 11.8 Å². The molecule has 0 saturated heterocycles. The molecule has 0 bridgehead atoms. The number of ether oxygens (including phenoxy) is 3. The summed E-state index contributed by atoms with van der Waals surface area (Å²) in [5, 5.41) is 9.26. The van der Waals surface area contributed by atoms with Gasteiger partial charge in [0.2, 0.25) is 0 Å². The van der Waals surface area contributed by atoms with Gasteiger partial charge in [-0.3, -0.25) is 9.36 Å². The molecule has 0 atom stereocenters. The second-order valence-corrected chi connectivity index (χ2v) is 6.58. The molecule has 0 spiro atoms. The maximum Gasteiger partial charge on any atom is 0.316 e. The Bertz CT molecular complexity index is 944. The van der Waals surface area contributed by atoms with Crippen LogP contribution in [0.4, 0.5) is 0 Å². The van der Waals surface area contributed by atoms with E-state index in [0.717, 1.165) is 11.3 Å². The molecule has 0 amide bonds. The molecule has 3 aromatic rings. The minimum atomic E-state index is -0.289. The highest BCUT2D eigenvalue weighted by molar-refractivity contribution is 7.99. The standard InChI is InChI=1S/C20H21N3O4S/c1-4-27-18(24)13-28-20-22-21-19(23(20)15-8-6-5-7-9-15)14-10-11-16(25-2)17(12-14)26-3/h5-12H,4,13H2,1-3H3. The Hall–Kier alpha value is -3.00. The fourth-order valence-electron chi connectivity index (χ4n) is 2.66. The van der Waals surface area contributed by atoms with Crippen LogP contribution in [0, 0.1) is 0 Å². The van der Waals surface area contributed by atoms with Gasteiger partial charge in [0.15, 0.2) is 22.5 Å². The summed E-state index contributed by atoms with van der Waals surface area (Å²) < 4.78 is 17.6. The molecule has 2 aromatic carbocycles. The Morgan fingerprint density at radius 1 is 1.04 bits per heavy atom. The van der Waals surface area contributed by atoms with E-state index in [1.54, 1.807) is 21.1 Å². The minimum Gasteiger partial charge on any atom is -0.493 e. The molecule has 0 fully saturated rings. The van der Waals surface area contributed by atoms with Crippen molar-refractivity contribution in [3.05, 3.63) is 48.5 Å². The number of carbonyl (C=O) groups is 1. The van der Waals surface area contributed by atoms with Gasteiger partial charge in [-0.2, -0.15) is 0 Å². The predicted molar refractivity (Wildman–Crippen MR) is 107 cm³/mol. The van der Waals surface area contributed by atoms with Crippen LogP contribution in [-0.4, -0.2) is 47.3 Å². The highest BCUT2D eigenvalue weighted by Gasteiger charge is 2.18. The summed E-state index contributed by atoms with van der Waals surface area (Å²) in [6, 6.07) is 15.3. The first-order valence-corrected chi connectivity index (χ1v) is 9.68. The average Bonchev–Trinajstić information content (AvgIpc) is 3.16. The lowest BCUT2D eigenvalue weighted by Crippen LogP contribution is -2.08. The first kappa shape index (κ1) is 19.8. The summed E-state index contributed by atoms with van der Waals surface area (Å²) in [7, 11) is 3.18. The number of hydrogen-bond donors (Lipinski definition) is 0. The summed E-state index contributed by atoms with van der Waals surface area (Å²) in [5.41, 5.74) is 1.71. The zero-order valence-electron chi connectivity index (χ0n) is 15.9. The first-order chi connectivity index (χ1) is 13.7. The van der Waals surface area contributed by atoms with Gasteiger partial charge in [-0.15, -0.1) is 10.2 Å². The van der Waals surface area contributed by atoms with Gasteiger partial charge >= 0.3 is 5.97 Å². The van der Waals surface area contributed by atoms with E-state index >= 15 is 0 Å². The highest BCUT2D eigenvalue weighted by Crippen LogP contribution is 2.34.